The normalized spacial score (nSPS) is 11.1. The number of hydrogen-bond acceptors (Lipinski definition) is 5. The summed E-state index contributed by atoms with van der Waals surface area (Å²) >= 11 is 1.60. The summed E-state index contributed by atoms with van der Waals surface area (Å²) in [5.74, 6) is 0.0403. The Morgan fingerprint density at radius 3 is 2.45 bits per heavy atom. The van der Waals surface area contributed by atoms with Gasteiger partial charge in [-0.25, -0.2) is 0 Å². The van der Waals surface area contributed by atoms with Gasteiger partial charge >= 0.3 is 6.36 Å². The highest BCUT2D eigenvalue weighted by atomic mass is 32.2. The van der Waals surface area contributed by atoms with Crippen LogP contribution in [0.1, 0.15) is 0 Å². The first kappa shape index (κ1) is 20.6. The number of benzene rings is 2. The van der Waals surface area contributed by atoms with Crippen molar-refractivity contribution in [3.8, 4) is 11.5 Å². The van der Waals surface area contributed by atoms with Gasteiger partial charge in [-0.3, -0.25) is 9.48 Å². The van der Waals surface area contributed by atoms with Gasteiger partial charge in [0.05, 0.1) is 17.8 Å². The van der Waals surface area contributed by atoms with E-state index in [0.29, 0.717) is 11.6 Å². The molecule has 1 heterocycles. The fourth-order valence-corrected chi connectivity index (χ4v) is 3.01. The van der Waals surface area contributed by atoms with Crippen LogP contribution in [0, 0.1) is 0 Å². The summed E-state index contributed by atoms with van der Waals surface area (Å²) in [4.78, 5) is 13.1. The van der Waals surface area contributed by atoms with Crippen molar-refractivity contribution in [2.24, 2.45) is 0 Å². The van der Waals surface area contributed by atoms with Crippen molar-refractivity contribution < 1.29 is 27.4 Å². The minimum Gasteiger partial charge on any atom is -0.484 e. The van der Waals surface area contributed by atoms with Crippen molar-refractivity contribution in [1.82, 2.24) is 9.78 Å². The first-order chi connectivity index (χ1) is 13.9. The predicted molar refractivity (Wildman–Crippen MR) is 102 cm³/mol. The number of carbonyl (C=O) groups is 1. The number of amides is 1. The maximum absolute atomic E-state index is 12.1. The van der Waals surface area contributed by atoms with Crippen molar-refractivity contribution in [1.29, 1.82) is 0 Å². The number of nitrogens with zero attached hydrogens (tertiary/aromatic N) is 2. The molecule has 0 atom stereocenters. The van der Waals surface area contributed by atoms with Crippen molar-refractivity contribution in [3.05, 3.63) is 67.0 Å². The van der Waals surface area contributed by atoms with Gasteiger partial charge in [-0.05, 0) is 36.4 Å². The van der Waals surface area contributed by atoms with Crippen LogP contribution in [0.15, 0.2) is 71.9 Å². The largest absolute Gasteiger partial charge is 0.573 e. The lowest BCUT2D eigenvalue weighted by molar-refractivity contribution is -0.274. The monoisotopic (exact) mass is 423 g/mol. The molecule has 0 aliphatic heterocycles. The van der Waals surface area contributed by atoms with Crippen LogP contribution >= 0.6 is 11.8 Å². The SMILES string of the molecule is O=C(COc1ccc(OC(F)(F)F)cc1)Nc1cnn(CSc2ccccc2)c1. The molecule has 0 aliphatic rings. The summed E-state index contributed by atoms with van der Waals surface area (Å²) in [5.41, 5.74) is 0.515. The molecule has 0 aliphatic carbocycles. The van der Waals surface area contributed by atoms with E-state index >= 15 is 0 Å². The van der Waals surface area contributed by atoms with Gasteiger partial charge in [-0.1, -0.05) is 18.2 Å². The van der Waals surface area contributed by atoms with Crippen molar-refractivity contribution in [2.75, 3.05) is 11.9 Å². The van der Waals surface area contributed by atoms with Crippen LogP contribution in [0.25, 0.3) is 0 Å². The Balaban J connectivity index is 1.43. The summed E-state index contributed by atoms with van der Waals surface area (Å²) in [6, 6.07) is 14.6. The number of nitrogens with one attached hydrogen (secondary N) is 1. The number of anilines is 1. The van der Waals surface area contributed by atoms with Crippen LogP contribution in [0.4, 0.5) is 18.9 Å². The van der Waals surface area contributed by atoms with Crippen LogP contribution < -0.4 is 14.8 Å². The number of carbonyl (C=O) groups excluding carboxylic acids is 1. The summed E-state index contributed by atoms with van der Waals surface area (Å²) in [7, 11) is 0. The molecule has 0 fully saturated rings. The molecule has 1 N–H and O–H groups in total. The van der Waals surface area contributed by atoms with Gasteiger partial charge in [0.2, 0.25) is 0 Å². The zero-order chi connectivity index (χ0) is 20.7. The third-order valence-corrected chi connectivity index (χ3v) is 4.45. The van der Waals surface area contributed by atoms with Gasteiger partial charge in [0.25, 0.3) is 5.91 Å². The number of hydrogen-bond donors (Lipinski definition) is 1. The number of rotatable bonds is 8. The zero-order valence-corrected chi connectivity index (χ0v) is 15.7. The van der Waals surface area contributed by atoms with Crippen molar-refractivity contribution in [3.63, 3.8) is 0 Å². The van der Waals surface area contributed by atoms with Crippen molar-refractivity contribution >= 4 is 23.4 Å². The van der Waals surface area contributed by atoms with Crippen LogP contribution in [-0.2, 0) is 10.7 Å². The average molecular weight is 423 g/mol. The molecule has 29 heavy (non-hydrogen) atoms. The minimum absolute atomic E-state index is 0.240. The molecular formula is C19H16F3N3O3S. The molecule has 0 saturated heterocycles. The minimum atomic E-state index is -4.76. The standard InChI is InChI=1S/C19H16F3N3O3S/c20-19(21,22)28-16-8-6-15(7-9-16)27-12-18(26)24-14-10-23-25(11-14)13-29-17-4-2-1-3-5-17/h1-11H,12-13H2,(H,24,26). The Morgan fingerprint density at radius 1 is 1.07 bits per heavy atom. The van der Waals surface area contributed by atoms with Crippen molar-refractivity contribution in [2.45, 2.75) is 17.1 Å². The molecule has 0 radical (unpaired) electrons. The first-order valence-corrected chi connectivity index (χ1v) is 9.35. The molecule has 3 rings (SSSR count). The van der Waals surface area contributed by atoms with Gasteiger partial charge in [0.15, 0.2) is 6.61 Å². The van der Waals surface area contributed by atoms with E-state index in [9.17, 15) is 18.0 Å². The second-order valence-electron chi connectivity index (χ2n) is 5.71. The maximum atomic E-state index is 12.1. The molecule has 152 valence electrons. The second-order valence-corrected chi connectivity index (χ2v) is 6.73. The van der Waals surface area contributed by atoms with Gasteiger partial charge in [0, 0.05) is 11.1 Å². The van der Waals surface area contributed by atoms with E-state index in [1.165, 1.54) is 18.3 Å². The maximum Gasteiger partial charge on any atom is 0.573 e. The number of aromatic nitrogens is 2. The van der Waals surface area contributed by atoms with Crippen LogP contribution in [0.5, 0.6) is 11.5 Å². The molecule has 2 aromatic carbocycles. The fourth-order valence-electron chi connectivity index (χ4n) is 2.24. The molecule has 0 spiro atoms. The average Bonchev–Trinajstić information content (AvgIpc) is 3.13. The molecule has 1 amide bonds. The van der Waals surface area contributed by atoms with E-state index in [1.54, 1.807) is 22.6 Å². The van der Waals surface area contributed by atoms with Gasteiger partial charge < -0.3 is 14.8 Å². The van der Waals surface area contributed by atoms with Gasteiger partial charge in [-0.15, -0.1) is 24.9 Å². The van der Waals surface area contributed by atoms with E-state index < -0.39 is 12.3 Å². The zero-order valence-electron chi connectivity index (χ0n) is 14.9. The topological polar surface area (TPSA) is 65.4 Å². The third-order valence-electron chi connectivity index (χ3n) is 3.45. The van der Waals surface area contributed by atoms with Gasteiger partial charge in [0.1, 0.15) is 11.5 Å². The lowest BCUT2D eigenvalue weighted by atomic mass is 10.3. The molecule has 0 unspecified atom stereocenters. The van der Waals surface area contributed by atoms with E-state index in [1.807, 2.05) is 30.3 Å². The quantitative estimate of drug-likeness (QED) is 0.539. The second kappa shape index (κ2) is 9.37. The summed E-state index contributed by atoms with van der Waals surface area (Å²) in [5, 5.41) is 6.82. The predicted octanol–water partition coefficient (Wildman–Crippen LogP) is 4.55. The number of thioether (sulfide) groups is 1. The molecule has 3 aromatic rings. The van der Waals surface area contributed by atoms with Crippen LogP contribution in [0.2, 0.25) is 0 Å². The van der Waals surface area contributed by atoms with E-state index in [2.05, 4.69) is 15.2 Å². The highest BCUT2D eigenvalue weighted by Crippen LogP contribution is 2.24. The first-order valence-electron chi connectivity index (χ1n) is 8.36. The molecular weight excluding hydrogens is 407 g/mol. The summed E-state index contributed by atoms with van der Waals surface area (Å²) in [6.45, 7) is -0.302. The Bertz CT molecular complexity index is 931. The van der Waals surface area contributed by atoms with E-state index in [4.69, 9.17) is 4.74 Å². The Kier molecular flexibility index (Phi) is 6.65. The summed E-state index contributed by atoms with van der Waals surface area (Å²) in [6.07, 6.45) is -1.55. The molecule has 10 heteroatoms. The number of ether oxygens (including phenoxy) is 2. The Labute approximate surface area is 168 Å². The Hall–Kier alpha value is -3.14. The van der Waals surface area contributed by atoms with Gasteiger partial charge in [-0.2, -0.15) is 5.10 Å². The van der Waals surface area contributed by atoms with E-state index in [-0.39, 0.29) is 18.1 Å². The Morgan fingerprint density at radius 2 is 1.76 bits per heavy atom. The molecule has 1 aromatic heterocycles. The molecule has 0 bridgehead atoms. The highest BCUT2D eigenvalue weighted by molar-refractivity contribution is 7.98. The summed E-state index contributed by atoms with van der Waals surface area (Å²) < 4.78 is 47.1. The number of alkyl halides is 3. The lowest BCUT2D eigenvalue weighted by Crippen LogP contribution is -2.20. The van der Waals surface area contributed by atoms with Crippen LogP contribution in [-0.4, -0.2) is 28.7 Å². The number of halogens is 3. The van der Waals surface area contributed by atoms with Crippen LogP contribution in [0.3, 0.4) is 0 Å². The third kappa shape index (κ3) is 7.07. The lowest BCUT2D eigenvalue weighted by Gasteiger charge is -2.10. The molecule has 6 nitrogen and oxygen atoms in total. The highest BCUT2D eigenvalue weighted by Gasteiger charge is 2.30. The molecule has 0 saturated carbocycles. The fraction of sp³-hybridized carbons (Fsp3) is 0.158. The van der Waals surface area contributed by atoms with E-state index in [0.717, 1.165) is 17.0 Å². The smallest absolute Gasteiger partial charge is 0.484 e.